The van der Waals surface area contributed by atoms with E-state index in [4.69, 9.17) is 0 Å². The first-order chi connectivity index (χ1) is 2.89. The average Bonchev–Trinajstić information content (AvgIpc) is 1.86. The van der Waals surface area contributed by atoms with Crippen molar-refractivity contribution >= 4 is 0 Å². The van der Waals surface area contributed by atoms with Gasteiger partial charge in [-0.15, -0.1) is 0 Å². The lowest BCUT2D eigenvalue weighted by atomic mass is 10.4. The van der Waals surface area contributed by atoms with E-state index in [-0.39, 0.29) is 0 Å². The molecule has 2 heteroatoms. The lowest BCUT2D eigenvalue weighted by Gasteiger charge is -1.90. The first-order valence-electron chi connectivity index (χ1n) is 2.27. The Morgan fingerprint density at radius 1 is 1.67 bits per heavy atom. The summed E-state index contributed by atoms with van der Waals surface area (Å²) in [6, 6.07) is 0. The van der Waals surface area contributed by atoms with Gasteiger partial charge in [0.15, 0.2) is 6.30 Å². The van der Waals surface area contributed by atoms with Gasteiger partial charge in [-0.05, 0) is 19.4 Å². The number of alkyl halides is 1. The quantitative estimate of drug-likeness (QED) is 0.430. The monoisotopic (exact) mass is 89.1 g/mol. The molecule has 1 nitrogen and oxygen atoms in total. The molecule has 0 amide bonds. The summed E-state index contributed by atoms with van der Waals surface area (Å²) in [5.74, 6) is 0. The summed E-state index contributed by atoms with van der Waals surface area (Å²) in [5.41, 5.74) is 0. The van der Waals surface area contributed by atoms with E-state index in [0.29, 0.717) is 6.42 Å². The lowest BCUT2D eigenvalue weighted by molar-refractivity contribution is 0.311. The fourth-order valence-corrected chi connectivity index (χ4v) is 0.642. The summed E-state index contributed by atoms with van der Waals surface area (Å²) in [6.45, 7) is 0.862. The molecule has 1 rings (SSSR count). The Balaban J connectivity index is 2.18. The molecule has 0 radical (unpaired) electrons. The highest BCUT2D eigenvalue weighted by Gasteiger charge is 2.09. The molecule has 1 heterocycles. The van der Waals surface area contributed by atoms with E-state index < -0.39 is 6.30 Å². The summed E-state index contributed by atoms with van der Waals surface area (Å²) in [5, 5.41) is 2.65. The zero-order valence-corrected chi connectivity index (χ0v) is 3.58. The summed E-state index contributed by atoms with van der Waals surface area (Å²) in [7, 11) is 0. The first kappa shape index (κ1) is 4.06. The molecule has 1 fully saturated rings. The van der Waals surface area contributed by atoms with E-state index in [1.54, 1.807) is 0 Å². The number of hydrogen-bond acceptors (Lipinski definition) is 1. The molecule has 1 atom stereocenters. The Labute approximate surface area is 36.5 Å². The molecule has 0 aliphatic carbocycles. The molecule has 0 bridgehead atoms. The molecule has 0 aromatic rings. The average molecular weight is 89.1 g/mol. The van der Waals surface area contributed by atoms with Gasteiger partial charge in [-0.25, -0.2) is 4.39 Å². The maximum Gasteiger partial charge on any atom is 0.151 e. The topological polar surface area (TPSA) is 12.0 Å². The summed E-state index contributed by atoms with van der Waals surface area (Å²) >= 11 is 0. The summed E-state index contributed by atoms with van der Waals surface area (Å²) < 4.78 is 11.8. The minimum atomic E-state index is -0.704. The van der Waals surface area contributed by atoms with Gasteiger partial charge in [0.2, 0.25) is 0 Å². The van der Waals surface area contributed by atoms with Gasteiger partial charge in [-0.1, -0.05) is 0 Å². The molecule has 1 aliphatic rings. The SMILES string of the molecule is FC1CCCN1. The van der Waals surface area contributed by atoms with Gasteiger partial charge in [0.1, 0.15) is 0 Å². The van der Waals surface area contributed by atoms with Gasteiger partial charge < -0.3 is 0 Å². The molecule has 0 saturated carbocycles. The van der Waals surface area contributed by atoms with Crippen LogP contribution in [0.5, 0.6) is 0 Å². The number of hydrogen-bond donors (Lipinski definition) is 1. The predicted molar refractivity (Wildman–Crippen MR) is 22.1 cm³/mol. The normalized spacial score (nSPS) is 34.5. The van der Waals surface area contributed by atoms with Crippen molar-refractivity contribution in [2.45, 2.75) is 19.1 Å². The summed E-state index contributed by atoms with van der Waals surface area (Å²) in [4.78, 5) is 0. The van der Waals surface area contributed by atoms with Crippen molar-refractivity contribution < 1.29 is 4.39 Å². The van der Waals surface area contributed by atoms with E-state index in [1.807, 2.05) is 0 Å². The van der Waals surface area contributed by atoms with Crippen molar-refractivity contribution in [2.75, 3.05) is 6.54 Å². The Kier molecular flexibility index (Phi) is 1.05. The van der Waals surface area contributed by atoms with Gasteiger partial charge in [0.05, 0.1) is 0 Å². The van der Waals surface area contributed by atoms with Crippen LogP contribution >= 0.6 is 0 Å². The Morgan fingerprint density at radius 2 is 2.50 bits per heavy atom. The smallest absolute Gasteiger partial charge is 0.151 e. The second kappa shape index (κ2) is 1.56. The van der Waals surface area contributed by atoms with Gasteiger partial charge in [0.25, 0.3) is 0 Å². The van der Waals surface area contributed by atoms with Gasteiger partial charge in [-0.2, -0.15) is 0 Å². The van der Waals surface area contributed by atoms with Gasteiger partial charge in [-0.3, -0.25) is 5.32 Å². The van der Waals surface area contributed by atoms with Gasteiger partial charge >= 0.3 is 0 Å². The van der Waals surface area contributed by atoms with Crippen molar-refractivity contribution in [2.24, 2.45) is 0 Å². The van der Waals surface area contributed by atoms with Crippen LogP contribution in [-0.4, -0.2) is 12.8 Å². The van der Waals surface area contributed by atoms with Crippen LogP contribution in [0.4, 0.5) is 4.39 Å². The van der Waals surface area contributed by atoms with E-state index in [2.05, 4.69) is 5.32 Å². The van der Waals surface area contributed by atoms with Crippen molar-refractivity contribution in [1.29, 1.82) is 0 Å². The van der Waals surface area contributed by atoms with Crippen LogP contribution in [0, 0.1) is 0 Å². The Hall–Kier alpha value is -0.110. The molecule has 36 valence electrons. The van der Waals surface area contributed by atoms with Crippen molar-refractivity contribution in [1.82, 2.24) is 5.32 Å². The molecule has 6 heavy (non-hydrogen) atoms. The van der Waals surface area contributed by atoms with Crippen LogP contribution in [0.25, 0.3) is 0 Å². The largest absolute Gasteiger partial charge is 0.288 e. The highest BCUT2D eigenvalue weighted by atomic mass is 19.1. The molecule has 1 unspecified atom stereocenters. The second-order valence-electron chi connectivity index (χ2n) is 1.56. The third kappa shape index (κ3) is 0.684. The molecule has 1 aliphatic heterocycles. The molecule has 1 N–H and O–H groups in total. The molecule has 0 aromatic carbocycles. The third-order valence-electron chi connectivity index (χ3n) is 1.00. The van der Waals surface area contributed by atoms with Crippen LogP contribution in [0.1, 0.15) is 12.8 Å². The number of nitrogens with one attached hydrogen (secondary N) is 1. The Bertz CT molecular complexity index is 40.8. The number of rotatable bonds is 0. The van der Waals surface area contributed by atoms with Crippen LogP contribution < -0.4 is 5.32 Å². The van der Waals surface area contributed by atoms with E-state index in [0.717, 1.165) is 13.0 Å². The van der Waals surface area contributed by atoms with Crippen molar-refractivity contribution in [3.8, 4) is 0 Å². The minimum absolute atomic E-state index is 0.704. The lowest BCUT2D eigenvalue weighted by Crippen LogP contribution is -2.14. The minimum Gasteiger partial charge on any atom is -0.288 e. The number of halogens is 1. The summed E-state index contributed by atoms with van der Waals surface area (Å²) in [6.07, 6.45) is 1.01. The van der Waals surface area contributed by atoms with Crippen LogP contribution in [0.3, 0.4) is 0 Å². The maximum atomic E-state index is 11.8. The van der Waals surface area contributed by atoms with E-state index >= 15 is 0 Å². The fraction of sp³-hybridized carbons (Fsp3) is 1.00. The van der Waals surface area contributed by atoms with Gasteiger partial charge in [0, 0.05) is 0 Å². The van der Waals surface area contributed by atoms with E-state index in [9.17, 15) is 4.39 Å². The zero-order valence-electron chi connectivity index (χ0n) is 3.58. The Morgan fingerprint density at radius 3 is 2.67 bits per heavy atom. The maximum absolute atomic E-state index is 11.8. The molecule has 0 aromatic heterocycles. The highest BCUT2D eigenvalue weighted by Crippen LogP contribution is 2.03. The first-order valence-corrected chi connectivity index (χ1v) is 2.27. The molecule has 0 spiro atoms. The molecular weight excluding hydrogens is 81.0 g/mol. The van der Waals surface area contributed by atoms with Crippen LogP contribution in [-0.2, 0) is 0 Å². The predicted octanol–water partition coefficient (Wildman–Crippen LogP) is 0.665. The highest BCUT2D eigenvalue weighted by molar-refractivity contribution is 4.62. The third-order valence-corrected chi connectivity index (χ3v) is 1.00. The van der Waals surface area contributed by atoms with E-state index in [1.165, 1.54) is 0 Å². The molecule has 1 saturated heterocycles. The second-order valence-corrected chi connectivity index (χ2v) is 1.56. The molecular formula is C4H8FN. The standard InChI is InChI=1S/C4H8FN/c5-4-2-1-3-6-4/h4,6H,1-3H2. The fourth-order valence-electron chi connectivity index (χ4n) is 0.642. The van der Waals surface area contributed by atoms with Crippen molar-refractivity contribution in [3.63, 3.8) is 0 Å². The van der Waals surface area contributed by atoms with Crippen LogP contribution in [0.15, 0.2) is 0 Å². The van der Waals surface area contributed by atoms with Crippen molar-refractivity contribution in [3.05, 3.63) is 0 Å². The van der Waals surface area contributed by atoms with Crippen LogP contribution in [0.2, 0.25) is 0 Å². The zero-order chi connectivity index (χ0) is 4.41.